The second kappa shape index (κ2) is 7.85. The molecular formula is C18H26N2O4S. The molecule has 7 heteroatoms. The molecule has 2 fully saturated rings. The molecule has 2 aliphatic heterocycles. The molecule has 0 aromatic heterocycles. The van der Waals surface area contributed by atoms with E-state index in [0.29, 0.717) is 32.5 Å². The smallest absolute Gasteiger partial charge is 0.310 e. The van der Waals surface area contributed by atoms with Crippen LogP contribution in [-0.2, 0) is 19.7 Å². The Hall–Kier alpha value is -1.44. The lowest BCUT2D eigenvalue weighted by molar-refractivity contribution is -0.149. The minimum absolute atomic E-state index is 0.117. The molecule has 2 aliphatic rings. The molecule has 0 saturated carbocycles. The quantitative estimate of drug-likeness (QED) is 0.750. The molecule has 1 aromatic rings. The van der Waals surface area contributed by atoms with Crippen molar-refractivity contribution in [3.05, 3.63) is 35.9 Å². The average Bonchev–Trinajstić information content (AvgIpc) is 3.13. The third-order valence-electron chi connectivity index (χ3n) is 5.01. The maximum atomic E-state index is 13.2. The third kappa shape index (κ3) is 3.88. The van der Waals surface area contributed by atoms with E-state index in [1.807, 2.05) is 30.3 Å². The molecular weight excluding hydrogens is 340 g/mol. The van der Waals surface area contributed by atoms with Crippen molar-refractivity contribution in [2.24, 2.45) is 5.92 Å². The van der Waals surface area contributed by atoms with Gasteiger partial charge < -0.3 is 4.74 Å². The fourth-order valence-corrected chi connectivity index (χ4v) is 5.71. The molecule has 0 unspecified atom stereocenters. The first kappa shape index (κ1) is 18.4. The van der Waals surface area contributed by atoms with Gasteiger partial charge in [-0.25, -0.2) is 0 Å². The van der Waals surface area contributed by atoms with Gasteiger partial charge in [0.05, 0.1) is 18.6 Å². The van der Waals surface area contributed by atoms with Crippen LogP contribution in [0.25, 0.3) is 0 Å². The van der Waals surface area contributed by atoms with Gasteiger partial charge in [0, 0.05) is 19.6 Å². The van der Waals surface area contributed by atoms with E-state index in [1.165, 1.54) is 4.31 Å². The minimum Gasteiger partial charge on any atom is -0.466 e. The summed E-state index contributed by atoms with van der Waals surface area (Å²) in [4.78, 5) is 12.0. The summed E-state index contributed by atoms with van der Waals surface area (Å²) in [7, 11) is -3.58. The minimum atomic E-state index is -3.58. The monoisotopic (exact) mass is 366 g/mol. The van der Waals surface area contributed by atoms with Crippen LogP contribution in [0.1, 0.15) is 44.2 Å². The lowest BCUT2D eigenvalue weighted by Gasteiger charge is -2.35. The average molecular weight is 366 g/mol. The van der Waals surface area contributed by atoms with Crippen LogP contribution in [0.15, 0.2) is 30.3 Å². The molecule has 138 valence electrons. The lowest BCUT2D eigenvalue weighted by atomic mass is 10.0. The number of ether oxygens (including phenoxy) is 1. The van der Waals surface area contributed by atoms with Gasteiger partial charge in [-0.1, -0.05) is 30.3 Å². The Morgan fingerprint density at radius 3 is 2.60 bits per heavy atom. The van der Waals surface area contributed by atoms with Gasteiger partial charge in [-0.3, -0.25) is 4.79 Å². The number of benzene rings is 1. The Bertz CT molecular complexity index is 692. The van der Waals surface area contributed by atoms with E-state index in [2.05, 4.69) is 0 Å². The van der Waals surface area contributed by atoms with Crippen LogP contribution in [0.3, 0.4) is 0 Å². The van der Waals surface area contributed by atoms with Crippen molar-refractivity contribution in [2.75, 3.05) is 26.2 Å². The fraction of sp³-hybridized carbons (Fsp3) is 0.611. The highest BCUT2D eigenvalue weighted by atomic mass is 32.2. The molecule has 3 rings (SSSR count). The molecule has 6 nitrogen and oxygen atoms in total. The van der Waals surface area contributed by atoms with Gasteiger partial charge in [-0.15, -0.1) is 0 Å². The molecule has 0 aliphatic carbocycles. The lowest BCUT2D eigenvalue weighted by Crippen LogP contribution is -2.49. The second-order valence-electron chi connectivity index (χ2n) is 6.64. The number of esters is 1. The third-order valence-corrected chi connectivity index (χ3v) is 7.03. The molecule has 0 spiro atoms. The fourth-order valence-electron chi connectivity index (χ4n) is 3.78. The number of rotatable bonds is 5. The van der Waals surface area contributed by atoms with Crippen LogP contribution >= 0.6 is 0 Å². The van der Waals surface area contributed by atoms with Crippen LogP contribution in [0.2, 0.25) is 0 Å². The van der Waals surface area contributed by atoms with Gasteiger partial charge in [0.15, 0.2) is 0 Å². The first-order valence-corrected chi connectivity index (χ1v) is 10.4. The normalized spacial score (nSPS) is 25.8. The Kier molecular flexibility index (Phi) is 5.76. The van der Waals surface area contributed by atoms with Gasteiger partial charge in [0.1, 0.15) is 0 Å². The number of hydrogen-bond donors (Lipinski definition) is 0. The largest absolute Gasteiger partial charge is 0.466 e. The predicted octanol–water partition coefficient (Wildman–Crippen LogP) is 2.34. The zero-order valence-electron chi connectivity index (χ0n) is 14.6. The van der Waals surface area contributed by atoms with Crippen molar-refractivity contribution in [2.45, 2.75) is 38.6 Å². The predicted molar refractivity (Wildman–Crippen MR) is 95.0 cm³/mol. The van der Waals surface area contributed by atoms with Crippen molar-refractivity contribution < 1.29 is 17.9 Å². The summed E-state index contributed by atoms with van der Waals surface area (Å²) < 4.78 is 34.6. The highest BCUT2D eigenvalue weighted by molar-refractivity contribution is 7.86. The maximum Gasteiger partial charge on any atom is 0.310 e. The summed E-state index contributed by atoms with van der Waals surface area (Å²) in [6, 6.07) is 9.67. The standard InChI is InChI=1S/C18H26N2O4S/c1-2-24-18(21)16-10-6-12-19(14-16)25(22,23)20-13-7-11-17(20)15-8-4-3-5-9-15/h3-5,8-9,16-17H,2,6-7,10-14H2,1H3/t16-,17+/m1/s1. The van der Waals surface area contributed by atoms with Crippen LogP contribution in [-0.4, -0.2) is 49.2 Å². The molecule has 2 saturated heterocycles. The van der Waals surface area contributed by atoms with Crippen molar-refractivity contribution in [3.63, 3.8) is 0 Å². The van der Waals surface area contributed by atoms with Crippen molar-refractivity contribution in [1.29, 1.82) is 0 Å². The van der Waals surface area contributed by atoms with E-state index in [-0.39, 0.29) is 24.5 Å². The van der Waals surface area contributed by atoms with Gasteiger partial charge in [0.2, 0.25) is 0 Å². The SMILES string of the molecule is CCOC(=O)[C@@H]1CCCN(S(=O)(=O)N2CCC[C@H]2c2ccccc2)C1. The van der Waals surface area contributed by atoms with E-state index < -0.39 is 10.2 Å². The molecule has 0 radical (unpaired) electrons. The van der Waals surface area contributed by atoms with Gasteiger partial charge in [-0.05, 0) is 38.2 Å². The number of carbonyl (C=O) groups is 1. The number of piperidine rings is 1. The number of hydrogen-bond acceptors (Lipinski definition) is 4. The van der Waals surface area contributed by atoms with Gasteiger partial charge in [0.25, 0.3) is 10.2 Å². The zero-order valence-corrected chi connectivity index (χ0v) is 15.5. The van der Waals surface area contributed by atoms with E-state index in [9.17, 15) is 13.2 Å². The van der Waals surface area contributed by atoms with E-state index in [4.69, 9.17) is 4.74 Å². The van der Waals surface area contributed by atoms with Crippen molar-refractivity contribution >= 4 is 16.2 Å². The molecule has 0 bridgehead atoms. The van der Waals surface area contributed by atoms with Crippen LogP contribution < -0.4 is 0 Å². The Labute approximate surface area is 149 Å². The van der Waals surface area contributed by atoms with E-state index in [0.717, 1.165) is 18.4 Å². The molecule has 2 atom stereocenters. The first-order valence-electron chi connectivity index (χ1n) is 9.02. The summed E-state index contributed by atoms with van der Waals surface area (Å²) in [5.41, 5.74) is 1.03. The molecule has 0 N–H and O–H groups in total. The maximum absolute atomic E-state index is 13.2. The highest BCUT2D eigenvalue weighted by Crippen LogP contribution is 2.36. The molecule has 1 aromatic carbocycles. The number of carbonyl (C=O) groups excluding carboxylic acids is 1. The molecule has 2 heterocycles. The second-order valence-corrected chi connectivity index (χ2v) is 8.52. The molecule has 25 heavy (non-hydrogen) atoms. The Morgan fingerprint density at radius 1 is 1.16 bits per heavy atom. The van der Waals surface area contributed by atoms with Crippen molar-refractivity contribution in [1.82, 2.24) is 8.61 Å². The van der Waals surface area contributed by atoms with Crippen LogP contribution in [0, 0.1) is 5.92 Å². The topological polar surface area (TPSA) is 66.9 Å². The first-order chi connectivity index (χ1) is 12.0. The highest BCUT2D eigenvalue weighted by Gasteiger charge is 2.41. The van der Waals surface area contributed by atoms with Crippen molar-refractivity contribution in [3.8, 4) is 0 Å². The summed E-state index contributed by atoms with van der Waals surface area (Å²) in [6.45, 7) is 3.31. The number of nitrogens with zero attached hydrogens (tertiary/aromatic N) is 2. The summed E-state index contributed by atoms with van der Waals surface area (Å²) in [6.07, 6.45) is 3.06. The molecule has 0 amide bonds. The Balaban J connectivity index is 1.77. The van der Waals surface area contributed by atoms with Crippen LogP contribution in [0.4, 0.5) is 0 Å². The summed E-state index contributed by atoms with van der Waals surface area (Å²) >= 11 is 0. The summed E-state index contributed by atoms with van der Waals surface area (Å²) in [5.74, 6) is -0.648. The van der Waals surface area contributed by atoms with Crippen LogP contribution in [0.5, 0.6) is 0 Å². The zero-order chi connectivity index (χ0) is 17.9. The van der Waals surface area contributed by atoms with Gasteiger partial charge >= 0.3 is 5.97 Å². The van der Waals surface area contributed by atoms with Gasteiger partial charge in [-0.2, -0.15) is 17.0 Å². The Morgan fingerprint density at radius 2 is 1.88 bits per heavy atom. The van der Waals surface area contributed by atoms with E-state index in [1.54, 1.807) is 11.2 Å². The summed E-state index contributed by atoms with van der Waals surface area (Å²) in [5, 5.41) is 0. The van der Waals surface area contributed by atoms with E-state index >= 15 is 0 Å².